The Labute approximate surface area is 123 Å². The van der Waals surface area contributed by atoms with E-state index in [1.165, 1.54) is 12.1 Å². The molecular formula is C13H19ClN4O2. The number of halogens is 1. The predicted molar refractivity (Wildman–Crippen MR) is 80.8 cm³/mol. The number of carbonyl (C=O) groups is 2. The molecule has 0 saturated heterocycles. The minimum absolute atomic E-state index is 0.0333. The van der Waals surface area contributed by atoms with Gasteiger partial charge in [-0.05, 0) is 26.0 Å². The van der Waals surface area contributed by atoms with E-state index >= 15 is 0 Å². The number of nitrogens with one attached hydrogen (secondary N) is 1. The molecule has 7 heteroatoms. The number of nitrogen functional groups attached to an aromatic ring is 1. The van der Waals surface area contributed by atoms with Crippen molar-refractivity contribution in [3.63, 3.8) is 0 Å². The zero-order valence-corrected chi connectivity index (χ0v) is 12.3. The smallest absolute Gasteiger partial charge is 0.250 e. The number of likely N-dealkylation sites (N-methyl/N-ethyl adjacent to an activating group) is 1. The van der Waals surface area contributed by atoms with Crippen LogP contribution in [0.3, 0.4) is 0 Å². The lowest BCUT2D eigenvalue weighted by Crippen LogP contribution is -2.35. The van der Waals surface area contributed by atoms with E-state index in [4.69, 9.17) is 23.1 Å². The molecule has 1 rings (SSSR count). The van der Waals surface area contributed by atoms with E-state index in [1.54, 1.807) is 4.90 Å². The molecule has 0 aliphatic heterocycles. The van der Waals surface area contributed by atoms with Crippen LogP contribution in [0.15, 0.2) is 12.1 Å². The number of hydrogen-bond donors (Lipinski definition) is 3. The summed E-state index contributed by atoms with van der Waals surface area (Å²) in [5, 5.41) is 3.12. The topological polar surface area (TPSA) is 101 Å². The second kappa shape index (κ2) is 7.00. The van der Waals surface area contributed by atoms with Crippen molar-refractivity contribution in [2.75, 3.05) is 30.7 Å². The zero-order valence-electron chi connectivity index (χ0n) is 11.6. The van der Waals surface area contributed by atoms with E-state index in [-0.39, 0.29) is 23.0 Å². The molecule has 0 unspecified atom stereocenters. The van der Waals surface area contributed by atoms with Gasteiger partial charge in [-0.3, -0.25) is 9.59 Å². The second-order valence-electron chi connectivity index (χ2n) is 4.21. The van der Waals surface area contributed by atoms with Crippen LogP contribution in [0.5, 0.6) is 0 Å². The van der Waals surface area contributed by atoms with E-state index in [0.29, 0.717) is 24.5 Å². The van der Waals surface area contributed by atoms with Gasteiger partial charge in [-0.1, -0.05) is 11.6 Å². The largest absolute Gasteiger partial charge is 0.399 e. The maximum absolute atomic E-state index is 11.9. The summed E-state index contributed by atoms with van der Waals surface area (Å²) >= 11 is 6.03. The van der Waals surface area contributed by atoms with Gasteiger partial charge in [-0.25, -0.2) is 0 Å². The first kappa shape index (κ1) is 16.1. The highest BCUT2D eigenvalue weighted by Crippen LogP contribution is 2.28. The van der Waals surface area contributed by atoms with E-state index in [0.717, 1.165) is 0 Å². The minimum Gasteiger partial charge on any atom is -0.399 e. The van der Waals surface area contributed by atoms with Crippen molar-refractivity contribution in [1.82, 2.24) is 4.90 Å². The Morgan fingerprint density at radius 3 is 2.40 bits per heavy atom. The number of anilines is 2. The molecule has 0 aliphatic rings. The number of hydrogen-bond acceptors (Lipinski definition) is 4. The van der Waals surface area contributed by atoms with Gasteiger partial charge in [0.05, 0.1) is 22.8 Å². The van der Waals surface area contributed by atoms with E-state index in [2.05, 4.69) is 5.32 Å². The van der Waals surface area contributed by atoms with E-state index in [1.807, 2.05) is 13.8 Å². The average molecular weight is 299 g/mol. The lowest BCUT2D eigenvalue weighted by molar-refractivity contribution is -0.128. The Morgan fingerprint density at radius 1 is 1.30 bits per heavy atom. The van der Waals surface area contributed by atoms with Crippen LogP contribution in [0.1, 0.15) is 24.2 Å². The zero-order chi connectivity index (χ0) is 15.3. The highest BCUT2D eigenvalue weighted by atomic mass is 35.5. The predicted octanol–water partition coefficient (Wildman–Crippen LogP) is 1.30. The first-order valence-electron chi connectivity index (χ1n) is 6.31. The fraction of sp³-hybridized carbons (Fsp3) is 0.385. The molecule has 1 aromatic rings. The first-order chi connectivity index (χ1) is 9.40. The molecule has 0 spiro atoms. The number of benzene rings is 1. The summed E-state index contributed by atoms with van der Waals surface area (Å²) in [6, 6.07) is 2.93. The molecule has 0 aromatic heterocycles. The van der Waals surface area contributed by atoms with Crippen molar-refractivity contribution in [3.05, 3.63) is 22.7 Å². The monoisotopic (exact) mass is 298 g/mol. The number of nitrogens with zero attached hydrogens (tertiary/aromatic N) is 1. The Bertz CT molecular complexity index is 515. The van der Waals surface area contributed by atoms with E-state index in [9.17, 15) is 9.59 Å². The molecule has 6 nitrogen and oxygen atoms in total. The Hall–Kier alpha value is -1.95. The quantitative estimate of drug-likeness (QED) is 0.689. The fourth-order valence-electron chi connectivity index (χ4n) is 1.85. The summed E-state index contributed by atoms with van der Waals surface area (Å²) in [5.74, 6) is -0.740. The molecule has 0 saturated carbocycles. The molecule has 20 heavy (non-hydrogen) atoms. The molecule has 0 fully saturated rings. The van der Waals surface area contributed by atoms with Gasteiger partial charge in [0.2, 0.25) is 5.91 Å². The van der Waals surface area contributed by atoms with Crippen LogP contribution in [-0.2, 0) is 4.79 Å². The molecule has 0 radical (unpaired) electrons. The third kappa shape index (κ3) is 3.77. The summed E-state index contributed by atoms with van der Waals surface area (Å²) in [6.45, 7) is 5.06. The molecule has 0 aliphatic carbocycles. The summed E-state index contributed by atoms with van der Waals surface area (Å²) in [4.78, 5) is 25.0. The number of amides is 2. The molecule has 0 atom stereocenters. The van der Waals surface area contributed by atoms with Gasteiger partial charge in [-0.15, -0.1) is 0 Å². The second-order valence-corrected chi connectivity index (χ2v) is 4.62. The van der Waals surface area contributed by atoms with Gasteiger partial charge in [0.1, 0.15) is 0 Å². The van der Waals surface area contributed by atoms with Crippen molar-refractivity contribution in [3.8, 4) is 0 Å². The van der Waals surface area contributed by atoms with Crippen LogP contribution in [0.4, 0.5) is 11.4 Å². The van der Waals surface area contributed by atoms with Crippen LogP contribution in [0, 0.1) is 0 Å². The summed E-state index contributed by atoms with van der Waals surface area (Å²) in [6.07, 6.45) is 0. The van der Waals surface area contributed by atoms with Crippen molar-refractivity contribution in [1.29, 1.82) is 0 Å². The van der Waals surface area contributed by atoms with Crippen LogP contribution in [-0.4, -0.2) is 36.3 Å². The number of nitrogens with two attached hydrogens (primary N) is 2. The number of carbonyl (C=O) groups excluding carboxylic acids is 2. The van der Waals surface area contributed by atoms with Crippen LogP contribution in [0.25, 0.3) is 0 Å². The van der Waals surface area contributed by atoms with Gasteiger partial charge >= 0.3 is 0 Å². The lowest BCUT2D eigenvalue weighted by Gasteiger charge is -2.20. The molecule has 0 bridgehead atoms. The minimum atomic E-state index is -0.656. The van der Waals surface area contributed by atoms with Crippen LogP contribution < -0.4 is 16.8 Å². The molecular weight excluding hydrogens is 280 g/mol. The number of rotatable bonds is 6. The SMILES string of the molecule is CCN(CC)C(=O)CNc1c(Cl)cc(N)cc1C(N)=O. The van der Waals surface area contributed by atoms with Gasteiger partial charge < -0.3 is 21.7 Å². The third-order valence-corrected chi connectivity index (χ3v) is 3.21. The Kier molecular flexibility index (Phi) is 5.64. The first-order valence-corrected chi connectivity index (χ1v) is 6.68. The van der Waals surface area contributed by atoms with Crippen LogP contribution in [0.2, 0.25) is 5.02 Å². The highest BCUT2D eigenvalue weighted by Gasteiger charge is 2.15. The van der Waals surface area contributed by atoms with Crippen LogP contribution >= 0.6 is 11.6 Å². The summed E-state index contributed by atoms with van der Waals surface area (Å²) in [7, 11) is 0. The van der Waals surface area contributed by atoms with Gasteiger partial charge in [0.25, 0.3) is 5.91 Å². The van der Waals surface area contributed by atoms with E-state index < -0.39 is 5.91 Å². The maximum atomic E-state index is 11.9. The van der Waals surface area contributed by atoms with Crippen molar-refractivity contribution >= 4 is 34.8 Å². The van der Waals surface area contributed by atoms with Crippen molar-refractivity contribution in [2.45, 2.75) is 13.8 Å². The molecule has 0 heterocycles. The summed E-state index contributed by atoms with van der Waals surface area (Å²) < 4.78 is 0. The van der Waals surface area contributed by atoms with Crippen molar-refractivity contribution < 1.29 is 9.59 Å². The average Bonchev–Trinajstić information content (AvgIpc) is 2.38. The summed E-state index contributed by atoms with van der Waals surface area (Å²) in [5.41, 5.74) is 11.7. The standard InChI is InChI=1S/C13H19ClN4O2/c1-3-18(4-2)11(19)7-17-12-9(13(16)20)5-8(15)6-10(12)14/h5-6,17H,3-4,7,15H2,1-2H3,(H2,16,20). The molecule has 2 amide bonds. The maximum Gasteiger partial charge on any atom is 0.250 e. The normalized spacial score (nSPS) is 10.2. The van der Waals surface area contributed by atoms with Gasteiger partial charge in [-0.2, -0.15) is 0 Å². The highest BCUT2D eigenvalue weighted by molar-refractivity contribution is 6.34. The van der Waals surface area contributed by atoms with Gasteiger partial charge in [0, 0.05) is 18.8 Å². The molecule has 5 N–H and O–H groups in total. The third-order valence-electron chi connectivity index (χ3n) is 2.91. The van der Waals surface area contributed by atoms with Crippen molar-refractivity contribution in [2.24, 2.45) is 5.73 Å². The molecule has 110 valence electrons. The Balaban J connectivity index is 2.93. The fourth-order valence-corrected chi connectivity index (χ4v) is 2.15. The molecule has 1 aromatic carbocycles. The lowest BCUT2D eigenvalue weighted by atomic mass is 10.1. The number of primary amides is 1. The van der Waals surface area contributed by atoms with Gasteiger partial charge in [0.15, 0.2) is 0 Å². The Morgan fingerprint density at radius 2 is 1.90 bits per heavy atom.